The van der Waals surface area contributed by atoms with Gasteiger partial charge in [-0.25, -0.2) is 8.42 Å². The fourth-order valence-electron chi connectivity index (χ4n) is 2.15. The first-order valence-corrected chi connectivity index (χ1v) is 6.96. The van der Waals surface area contributed by atoms with Crippen molar-refractivity contribution in [1.82, 2.24) is 10.2 Å². The number of sulfone groups is 1. The van der Waals surface area contributed by atoms with E-state index in [4.69, 9.17) is 0 Å². The molecule has 2 aliphatic rings. The molecule has 0 radical (unpaired) electrons. The molecule has 1 amide bonds. The molecule has 0 saturated carbocycles. The van der Waals surface area contributed by atoms with Crippen molar-refractivity contribution < 1.29 is 13.2 Å². The zero-order chi connectivity index (χ0) is 11.1. The van der Waals surface area contributed by atoms with Crippen molar-refractivity contribution in [2.75, 3.05) is 19.0 Å². The molecule has 6 heteroatoms. The molecule has 0 aliphatic carbocycles. The fraction of sp³-hybridized carbons (Fsp3) is 0.889. The molecule has 2 heterocycles. The van der Waals surface area contributed by atoms with E-state index in [1.165, 1.54) is 0 Å². The van der Waals surface area contributed by atoms with Crippen LogP contribution in [0, 0.1) is 0 Å². The van der Waals surface area contributed by atoms with Gasteiger partial charge in [-0.2, -0.15) is 0 Å². The Bertz CT molecular complexity index is 366. The highest BCUT2D eigenvalue weighted by molar-refractivity contribution is 7.92. The molecule has 2 atom stereocenters. The molecule has 2 rings (SSSR count). The zero-order valence-corrected chi connectivity index (χ0v) is 9.59. The molecule has 1 N–H and O–H groups in total. The molecule has 0 aromatic rings. The van der Waals surface area contributed by atoms with Gasteiger partial charge in [0.15, 0.2) is 9.84 Å². The van der Waals surface area contributed by atoms with Gasteiger partial charge in [-0.1, -0.05) is 0 Å². The first-order chi connectivity index (χ1) is 7.00. The summed E-state index contributed by atoms with van der Waals surface area (Å²) in [7, 11) is -2.94. The average Bonchev–Trinajstić information content (AvgIpc) is 2.64. The van der Waals surface area contributed by atoms with Crippen molar-refractivity contribution in [2.24, 2.45) is 0 Å². The second-order valence-electron chi connectivity index (χ2n) is 4.28. The highest BCUT2D eigenvalue weighted by Gasteiger charge is 2.36. The van der Waals surface area contributed by atoms with Crippen LogP contribution in [-0.2, 0) is 14.6 Å². The first kappa shape index (κ1) is 10.9. The zero-order valence-electron chi connectivity index (χ0n) is 8.77. The minimum atomic E-state index is -2.94. The third-order valence-corrected chi connectivity index (χ3v) is 5.42. The summed E-state index contributed by atoms with van der Waals surface area (Å²) in [6.45, 7) is 2.63. The predicted molar refractivity (Wildman–Crippen MR) is 56.0 cm³/mol. The van der Waals surface area contributed by atoms with Crippen molar-refractivity contribution >= 4 is 15.7 Å². The van der Waals surface area contributed by atoms with E-state index >= 15 is 0 Å². The van der Waals surface area contributed by atoms with E-state index in [9.17, 15) is 13.2 Å². The van der Waals surface area contributed by atoms with Crippen LogP contribution in [0.3, 0.4) is 0 Å². The maximum Gasteiger partial charge on any atom is 0.240 e. The van der Waals surface area contributed by atoms with Gasteiger partial charge in [0.2, 0.25) is 5.91 Å². The second kappa shape index (κ2) is 3.75. The SMILES string of the molecule is CC1NCN(CC2CCCS2(=O)=O)C1=O. The first-order valence-electron chi connectivity index (χ1n) is 5.24. The lowest BCUT2D eigenvalue weighted by Gasteiger charge is -2.18. The smallest absolute Gasteiger partial charge is 0.240 e. The lowest BCUT2D eigenvalue weighted by Crippen LogP contribution is -2.37. The fourth-order valence-corrected chi connectivity index (χ4v) is 3.99. The Balaban J connectivity index is 2.01. The van der Waals surface area contributed by atoms with Crippen LogP contribution in [-0.4, -0.2) is 49.5 Å². The number of amides is 1. The highest BCUT2D eigenvalue weighted by Crippen LogP contribution is 2.21. The van der Waals surface area contributed by atoms with E-state index in [0.29, 0.717) is 19.6 Å². The Kier molecular flexibility index (Phi) is 2.72. The van der Waals surface area contributed by atoms with Crippen molar-refractivity contribution in [3.8, 4) is 0 Å². The van der Waals surface area contributed by atoms with Crippen molar-refractivity contribution in [2.45, 2.75) is 31.1 Å². The van der Waals surface area contributed by atoms with Crippen LogP contribution >= 0.6 is 0 Å². The molecule has 2 unspecified atom stereocenters. The minimum Gasteiger partial charge on any atom is -0.327 e. The highest BCUT2D eigenvalue weighted by atomic mass is 32.2. The number of carbonyl (C=O) groups excluding carboxylic acids is 1. The van der Waals surface area contributed by atoms with Gasteiger partial charge in [-0.05, 0) is 19.8 Å². The Morgan fingerprint density at radius 1 is 1.53 bits per heavy atom. The van der Waals surface area contributed by atoms with Gasteiger partial charge >= 0.3 is 0 Å². The van der Waals surface area contributed by atoms with E-state index in [1.54, 1.807) is 11.8 Å². The number of hydrogen-bond acceptors (Lipinski definition) is 4. The number of hydrogen-bond donors (Lipinski definition) is 1. The molecular weight excluding hydrogens is 216 g/mol. The molecule has 0 aromatic heterocycles. The van der Waals surface area contributed by atoms with Gasteiger partial charge in [0, 0.05) is 6.54 Å². The van der Waals surface area contributed by atoms with E-state index in [1.807, 2.05) is 0 Å². The largest absolute Gasteiger partial charge is 0.327 e. The molecule has 0 aromatic carbocycles. The lowest BCUT2D eigenvalue weighted by molar-refractivity contribution is -0.128. The summed E-state index contributed by atoms with van der Waals surface area (Å²) in [5.41, 5.74) is 0. The van der Waals surface area contributed by atoms with E-state index in [-0.39, 0.29) is 23.0 Å². The average molecular weight is 232 g/mol. The van der Waals surface area contributed by atoms with Crippen LogP contribution in [0.2, 0.25) is 0 Å². The van der Waals surface area contributed by atoms with Gasteiger partial charge in [0.05, 0.1) is 23.7 Å². The van der Waals surface area contributed by atoms with Gasteiger partial charge in [-0.15, -0.1) is 0 Å². The molecule has 2 saturated heterocycles. The quantitative estimate of drug-likeness (QED) is 0.686. The lowest BCUT2D eigenvalue weighted by atomic mass is 10.2. The van der Waals surface area contributed by atoms with Gasteiger partial charge < -0.3 is 4.90 Å². The molecule has 2 fully saturated rings. The van der Waals surface area contributed by atoms with E-state index in [2.05, 4.69) is 5.32 Å². The number of nitrogens with zero attached hydrogens (tertiary/aromatic N) is 1. The van der Waals surface area contributed by atoms with Gasteiger partial charge in [-0.3, -0.25) is 10.1 Å². The monoisotopic (exact) mass is 232 g/mol. The predicted octanol–water partition coefficient (Wildman–Crippen LogP) is -0.659. The molecule has 5 nitrogen and oxygen atoms in total. The van der Waals surface area contributed by atoms with Crippen LogP contribution in [0.25, 0.3) is 0 Å². The van der Waals surface area contributed by atoms with Crippen LogP contribution in [0.4, 0.5) is 0 Å². The summed E-state index contributed by atoms with van der Waals surface area (Å²) in [6.07, 6.45) is 1.43. The Hall–Kier alpha value is -0.620. The molecule has 2 aliphatic heterocycles. The summed E-state index contributed by atoms with van der Waals surface area (Å²) in [4.78, 5) is 13.2. The summed E-state index contributed by atoms with van der Waals surface area (Å²) in [5.74, 6) is 0.292. The van der Waals surface area contributed by atoms with Crippen molar-refractivity contribution in [3.63, 3.8) is 0 Å². The van der Waals surface area contributed by atoms with Crippen molar-refractivity contribution in [3.05, 3.63) is 0 Å². The summed E-state index contributed by atoms with van der Waals surface area (Å²) >= 11 is 0. The molecule has 0 spiro atoms. The van der Waals surface area contributed by atoms with Gasteiger partial charge in [0.25, 0.3) is 0 Å². The standard InChI is InChI=1S/C9H16N2O3S/c1-7-9(12)11(6-10-7)5-8-3-2-4-15(8,13)14/h7-8,10H,2-6H2,1H3. The molecule has 0 bridgehead atoms. The molecule has 86 valence electrons. The number of rotatable bonds is 2. The van der Waals surface area contributed by atoms with Crippen LogP contribution in [0.5, 0.6) is 0 Å². The second-order valence-corrected chi connectivity index (χ2v) is 6.68. The third-order valence-electron chi connectivity index (χ3n) is 3.16. The maximum absolute atomic E-state index is 11.6. The summed E-state index contributed by atoms with van der Waals surface area (Å²) in [6, 6.07) is -0.172. The third kappa shape index (κ3) is 2.01. The van der Waals surface area contributed by atoms with Crippen LogP contribution in [0.15, 0.2) is 0 Å². The topological polar surface area (TPSA) is 66.5 Å². The summed E-state index contributed by atoms with van der Waals surface area (Å²) < 4.78 is 23.2. The minimum absolute atomic E-state index is 0.0112. The molecule has 15 heavy (non-hydrogen) atoms. The normalized spacial score (nSPS) is 35.0. The maximum atomic E-state index is 11.6. The van der Waals surface area contributed by atoms with Crippen LogP contribution in [0.1, 0.15) is 19.8 Å². The van der Waals surface area contributed by atoms with E-state index in [0.717, 1.165) is 6.42 Å². The summed E-state index contributed by atoms with van der Waals surface area (Å²) in [5, 5.41) is 2.66. The van der Waals surface area contributed by atoms with E-state index < -0.39 is 9.84 Å². The Morgan fingerprint density at radius 2 is 2.27 bits per heavy atom. The van der Waals surface area contributed by atoms with Crippen molar-refractivity contribution in [1.29, 1.82) is 0 Å². The van der Waals surface area contributed by atoms with Crippen LogP contribution < -0.4 is 5.32 Å². The number of nitrogens with one attached hydrogen (secondary N) is 1. The van der Waals surface area contributed by atoms with Gasteiger partial charge in [0.1, 0.15) is 0 Å². The Morgan fingerprint density at radius 3 is 2.73 bits per heavy atom. The number of carbonyl (C=O) groups is 1. The molecular formula is C9H16N2O3S. The Labute approximate surface area is 89.7 Å².